The van der Waals surface area contributed by atoms with Gasteiger partial charge in [-0.1, -0.05) is 49.9 Å². The van der Waals surface area contributed by atoms with Gasteiger partial charge >= 0.3 is 0 Å². The van der Waals surface area contributed by atoms with E-state index in [0.29, 0.717) is 6.10 Å². The topological polar surface area (TPSA) is 63.5 Å². The minimum Gasteiger partial charge on any atom is -0.376 e. The lowest BCUT2D eigenvalue weighted by Gasteiger charge is -2.17. The van der Waals surface area contributed by atoms with E-state index in [-0.39, 0.29) is 24.0 Å². The Morgan fingerprint density at radius 3 is 2.69 bits per heavy atom. The molecule has 160 valence electrons. The third kappa shape index (κ3) is 8.74. The number of guanidine groups is 1. The highest BCUT2D eigenvalue weighted by molar-refractivity contribution is 14.0. The number of nitrogens with zero attached hydrogens (tertiary/aromatic N) is 3. The first kappa shape index (κ1) is 23.7. The van der Waals surface area contributed by atoms with Gasteiger partial charge in [0.25, 0.3) is 0 Å². The molecule has 0 spiro atoms. The van der Waals surface area contributed by atoms with Crippen LogP contribution in [0.1, 0.15) is 49.7 Å². The van der Waals surface area contributed by atoms with Crippen LogP contribution in [0, 0.1) is 0 Å². The highest BCUT2D eigenvalue weighted by atomic mass is 127. The molecule has 1 fully saturated rings. The predicted octanol–water partition coefficient (Wildman–Crippen LogP) is 3.95. The zero-order valence-electron chi connectivity index (χ0n) is 17.3. The highest BCUT2D eigenvalue weighted by Crippen LogP contribution is 2.19. The van der Waals surface area contributed by atoms with Gasteiger partial charge in [-0.15, -0.1) is 24.0 Å². The molecule has 0 bridgehead atoms. The van der Waals surface area contributed by atoms with E-state index in [0.717, 1.165) is 32.2 Å². The molecule has 0 unspecified atom stereocenters. The number of hydrogen-bond acceptors (Lipinski definition) is 3. The Labute approximate surface area is 191 Å². The number of rotatable bonds is 8. The van der Waals surface area contributed by atoms with Crippen LogP contribution in [0.4, 0.5) is 0 Å². The Kier molecular flexibility index (Phi) is 11.1. The van der Waals surface area contributed by atoms with E-state index in [1.165, 1.54) is 49.7 Å². The number of imidazole rings is 1. The number of benzene rings is 1. The van der Waals surface area contributed by atoms with Gasteiger partial charge < -0.3 is 19.9 Å². The lowest BCUT2D eigenvalue weighted by atomic mass is 10.1. The SMILES string of the molecule is CN=C(NCCOC1CCCCCC1)NCc1cccc(Cn2ccnc2)c1.I. The maximum absolute atomic E-state index is 6.03. The third-order valence-corrected chi connectivity index (χ3v) is 5.15. The normalized spacial score (nSPS) is 15.4. The van der Waals surface area contributed by atoms with Gasteiger partial charge in [0, 0.05) is 39.1 Å². The first-order valence-corrected chi connectivity index (χ1v) is 10.4. The molecule has 1 aromatic heterocycles. The monoisotopic (exact) mass is 511 g/mol. The molecular weight excluding hydrogens is 477 g/mol. The fourth-order valence-electron chi connectivity index (χ4n) is 3.64. The Hall–Kier alpha value is -1.61. The number of nitrogens with one attached hydrogen (secondary N) is 2. The lowest BCUT2D eigenvalue weighted by molar-refractivity contribution is 0.0468. The van der Waals surface area contributed by atoms with Crippen LogP contribution in [0.15, 0.2) is 48.0 Å². The summed E-state index contributed by atoms with van der Waals surface area (Å²) in [7, 11) is 1.80. The van der Waals surface area contributed by atoms with Crippen LogP contribution in [-0.4, -0.2) is 41.8 Å². The molecule has 1 aliphatic rings. The van der Waals surface area contributed by atoms with Crippen LogP contribution in [0.2, 0.25) is 0 Å². The quantitative estimate of drug-likeness (QED) is 0.185. The molecule has 2 aromatic rings. The Bertz CT molecular complexity index is 712. The van der Waals surface area contributed by atoms with Crippen molar-refractivity contribution in [3.05, 3.63) is 54.1 Å². The molecule has 1 saturated carbocycles. The summed E-state index contributed by atoms with van der Waals surface area (Å²) in [5.74, 6) is 0.810. The fraction of sp³-hybridized carbons (Fsp3) is 0.545. The van der Waals surface area contributed by atoms with E-state index in [1.54, 1.807) is 13.2 Å². The average molecular weight is 511 g/mol. The van der Waals surface area contributed by atoms with E-state index >= 15 is 0 Å². The van der Waals surface area contributed by atoms with Gasteiger partial charge in [0.2, 0.25) is 0 Å². The maximum Gasteiger partial charge on any atom is 0.191 e. The molecule has 0 radical (unpaired) electrons. The van der Waals surface area contributed by atoms with Crippen molar-refractivity contribution >= 4 is 29.9 Å². The molecule has 0 aliphatic heterocycles. The van der Waals surface area contributed by atoms with Gasteiger partial charge in [-0.2, -0.15) is 0 Å². The summed E-state index contributed by atoms with van der Waals surface area (Å²) < 4.78 is 8.10. The van der Waals surface area contributed by atoms with E-state index in [2.05, 4.69) is 49.4 Å². The minimum absolute atomic E-state index is 0. The number of hydrogen-bond donors (Lipinski definition) is 2. The average Bonchev–Trinajstić information content (AvgIpc) is 3.08. The lowest BCUT2D eigenvalue weighted by Crippen LogP contribution is -2.38. The van der Waals surface area contributed by atoms with Gasteiger partial charge in [0.05, 0.1) is 19.0 Å². The van der Waals surface area contributed by atoms with Gasteiger partial charge in [-0.25, -0.2) is 4.98 Å². The standard InChI is InChI=1S/C22H33N5O.HI/c1-23-22(25-12-14-28-21-9-4-2-3-5-10-21)26-16-19-7-6-8-20(15-19)17-27-13-11-24-18-27;/h6-8,11,13,15,18,21H,2-5,9-10,12,14,16-17H2,1H3,(H2,23,25,26);1H. The van der Waals surface area contributed by atoms with Crippen molar-refractivity contribution in [2.75, 3.05) is 20.2 Å². The Morgan fingerprint density at radius 2 is 1.97 bits per heavy atom. The van der Waals surface area contributed by atoms with Crippen molar-refractivity contribution in [3.63, 3.8) is 0 Å². The van der Waals surface area contributed by atoms with Gasteiger partial charge in [-0.3, -0.25) is 4.99 Å². The predicted molar refractivity (Wildman–Crippen MR) is 129 cm³/mol. The largest absolute Gasteiger partial charge is 0.376 e. The molecule has 1 heterocycles. The minimum atomic E-state index is 0. The van der Waals surface area contributed by atoms with Crippen LogP contribution < -0.4 is 10.6 Å². The van der Waals surface area contributed by atoms with E-state index in [9.17, 15) is 0 Å². The van der Waals surface area contributed by atoms with Crippen LogP contribution >= 0.6 is 24.0 Å². The molecule has 0 amide bonds. The molecule has 0 saturated heterocycles. The van der Waals surface area contributed by atoms with Crippen molar-refractivity contribution in [1.29, 1.82) is 0 Å². The summed E-state index contributed by atoms with van der Waals surface area (Å²) in [5.41, 5.74) is 2.49. The summed E-state index contributed by atoms with van der Waals surface area (Å²) in [4.78, 5) is 8.41. The van der Waals surface area contributed by atoms with Crippen molar-refractivity contribution < 1.29 is 4.74 Å². The second kappa shape index (κ2) is 13.6. The summed E-state index contributed by atoms with van der Waals surface area (Å²) in [5, 5.41) is 6.73. The third-order valence-electron chi connectivity index (χ3n) is 5.15. The molecule has 1 aliphatic carbocycles. The van der Waals surface area contributed by atoms with E-state index < -0.39 is 0 Å². The summed E-state index contributed by atoms with van der Waals surface area (Å²) >= 11 is 0. The Balaban J connectivity index is 0.00000300. The molecule has 6 nitrogen and oxygen atoms in total. The number of halogens is 1. The summed E-state index contributed by atoms with van der Waals surface area (Å²) in [6.45, 7) is 3.07. The molecule has 7 heteroatoms. The van der Waals surface area contributed by atoms with Crippen molar-refractivity contribution in [2.24, 2.45) is 4.99 Å². The van der Waals surface area contributed by atoms with Gasteiger partial charge in [0.1, 0.15) is 0 Å². The first-order valence-electron chi connectivity index (χ1n) is 10.4. The van der Waals surface area contributed by atoms with Crippen LogP contribution in [0.5, 0.6) is 0 Å². The smallest absolute Gasteiger partial charge is 0.191 e. The van der Waals surface area contributed by atoms with Crippen LogP contribution in [0.25, 0.3) is 0 Å². The van der Waals surface area contributed by atoms with Crippen LogP contribution in [0.3, 0.4) is 0 Å². The molecule has 2 N–H and O–H groups in total. The first-order chi connectivity index (χ1) is 13.8. The molecule has 29 heavy (non-hydrogen) atoms. The molecular formula is C22H34IN5O. The van der Waals surface area contributed by atoms with Gasteiger partial charge in [0.15, 0.2) is 5.96 Å². The number of aliphatic imine (C=N–C) groups is 1. The molecule has 3 rings (SSSR count). The zero-order valence-corrected chi connectivity index (χ0v) is 19.7. The van der Waals surface area contributed by atoms with Crippen molar-refractivity contribution in [1.82, 2.24) is 20.2 Å². The highest BCUT2D eigenvalue weighted by Gasteiger charge is 2.12. The fourth-order valence-corrected chi connectivity index (χ4v) is 3.64. The second-order valence-electron chi connectivity index (χ2n) is 7.39. The van der Waals surface area contributed by atoms with Crippen molar-refractivity contribution in [2.45, 2.75) is 57.7 Å². The number of ether oxygens (including phenoxy) is 1. The van der Waals surface area contributed by atoms with E-state index in [1.807, 2.05) is 12.5 Å². The second-order valence-corrected chi connectivity index (χ2v) is 7.39. The van der Waals surface area contributed by atoms with Crippen molar-refractivity contribution in [3.8, 4) is 0 Å². The maximum atomic E-state index is 6.03. The van der Waals surface area contributed by atoms with E-state index in [4.69, 9.17) is 4.74 Å². The molecule has 0 atom stereocenters. The Morgan fingerprint density at radius 1 is 1.17 bits per heavy atom. The zero-order chi connectivity index (χ0) is 19.4. The summed E-state index contributed by atoms with van der Waals surface area (Å²) in [6.07, 6.45) is 13.8. The van der Waals surface area contributed by atoms with Gasteiger partial charge in [-0.05, 0) is 24.0 Å². The number of aromatic nitrogens is 2. The molecule has 1 aromatic carbocycles. The summed E-state index contributed by atoms with van der Waals surface area (Å²) in [6, 6.07) is 8.59. The van der Waals surface area contributed by atoms with Crippen LogP contribution in [-0.2, 0) is 17.8 Å².